The maximum atomic E-state index is 12.1. The maximum Gasteiger partial charge on any atom is 0.267 e. The van der Waals surface area contributed by atoms with Crippen molar-refractivity contribution in [1.29, 1.82) is 0 Å². The molecule has 0 fully saturated rings. The molecule has 0 saturated heterocycles. The minimum absolute atomic E-state index is 0.0936. The summed E-state index contributed by atoms with van der Waals surface area (Å²) in [5.41, 5.74) is -0.163. The fourth-order valence-corrected chi connectivity index (χ4v) is 2.05. The number of hydrogen-bond acceptors (Lipinski definition) is 5. The lowest BCUT2D eigenvalue weighted by atomic mass is 10.2. The summed E-state index contributed by atoms with van der Waals surface area (Å²) < 4.78 is 10.2. The maximum absolute atomic E-state index is 12.1. The number of amides is 1. The highest BCUT2D eigenvalue weighted by molar-refractivity contribution is 5.92. The van der Waals surface area contributed by atoms with Crippen molar-refractivity contribution in [3.8, 4) is 5.75 Å². The Morgan fingerprint density at radius 2 is 2.27 bits per heavy atom. The number of likely N-dealkylation sites (N-methyl/N-ethyl adjacent to an activating group) is 1. The van der Waals surface area contributed by atoms with Gasteiger partial charge in [0, 0.05) is 18.8 Å². The molecular formula is C15H19N3O4. The van der Waals surface area contributed by atoms with Gasteiger partial charge in [-0.3, -0.25) is 14.5 Å². The lowest BCUT2D eigenvalue weighted by molar-refractivity contribution is 0.0934. The Hall–Kier alpha value is -2.54. The molecule has 0 bridgehead atoms. The predicted octanol–water partition coefficient (Wildman–Crippen LogP) is 1.01. The Bertz CT molecular complexity index is 676. The zero-order valence-corrected chi connectivity index (χ0v) is 12.8. The second-order valence-electron chi connectivity index (χ2n) is 4.98. The van der Waals surface area contributed by atoms with Crippen LogP contribution in [0.4, 0.5) is 0 Å². The smallest absolute Gasteiger partial charge is 0.267 e. The highest BCUT2D eigenvalue weighted by Crippen LogP contribution is 2.17. The monoisotopic (exact) mass is 305 g/mol. The molecule has 0 saturated carbocycles. The summed E-state index contributed by atoms with van der Waals surface area (Å²) in [6, 6.07) is 4.77. The van der Waals surface area contributed by atoms with E-state index in [1.807, 2.05) is 25.1 Å². The molecule has 7 nitrogen and oxygen atoms in total. The zero-order valence-electron chi connectivity index (χ0n) is 12.8. The van der Waals surface area contributed by atoms with Gasteiger partial charge in [0.15, 0.2) is 5.75 Å². The Morgan fingerprint density at radius 3 is 2.82 bits per heavy atom. The van der Waals surface area contributed by atoms with Crippen LogP contribution in [0, 0.1) is 0 Å². The number of carbonyl (C=O) groups is 1. The van der Waals surface area contributed by atoms with Gasteiger partial charge in [-0.15, -0.1) is 0 Å². The molecule has 0 aliphatic rings. The second kappa shape index (κ2) is 6.95. The quantitative estimate of drug-likeness (QED) is 0.831. The summed E-state index contributed by atoms with van der Waals surface area (Å²) in [6.07, 6.45) is 2.96. The van der Waals surface area contributed by atoms with Crippen molar-refractivity contribution in [2.75, 3.05) is 27.7 Å². The number of carbonyl (C=O) groups excluding carboxylic acids is 1. The van der Waals surface area contributed by atoms with Crippen molar-refractivity contribution in [1.82, 2.24) is 15.2 Å². The number of pyridine rings is 1. The third-order valence-electron chi connectivity index (χ3n) is 3.29. The first-order valence-corrected chi connectivity index (χ1v) is 6.77. The standard InChI is InChI=1S/C15H19N3O4/c1-18(2)11(13-5-4-6-22-13)8-17-15(20)10-7-12(19)14(21-3)9-16-10/h4-7,9,11H,8H2,1-3H3,(H,16,19)(H,17,20)/t11-/m1/s1. The van der Waals surface area contributed by atoms with Crippen molar-refractivity contribution in [3.63, 3.8) is 0 Å². The molecule has 1 atom stereocenters. The van der Waals surface area contributed by atoms with Crippen LogP contribution in [0.1, 0.15) is 22.3 Å². The molecular weight excluding hydrogens is 286 g/mol. The number of aromatic nitrogens is 1. The Balaban J connectivity index is 2.05. The van der Waals surface area contributed by atoms with Crippen LogP contribution in [0.5, 0.6) is 5.75 Å². The van der Waals surface area contributed by atoms with Crippen molar-refractivity contribution in [2.45, 2.75) is 6.04 Å². The number of hydrogen-bond donors (Lipinski definition) is 2. The van der Waals surface area contributed by atoms with E-state index in [4.69, 9.17) is 9.15 Å². The number of aromatic amines is 1. The third-order valence-corrected chi connectivity index (χ3v) is 3.29. The molecule has 22 heavy (non-hydrogen) atoms. The summed E-state index contributed by atoms with van der Waals surface area (Å²) in [7, 11) is 5.19. The van der Waals surface area contributed by atoms with Gasteiger partial charge in [0.05, 0.1) is 19.4 Å². The fraction of sp³-hybridized carbons (Fsp3) is 0.333. The van der Waals surface area contributed by atoms with Gasteiger partial charge in [-0.25, -0.2) is 0 Å². The Morgan fingerprint density at radius 1 is 1.50 bits per heavy atom. The van der Waals surface area contributed by atoms with Gasteiger partial charge < -0.3 is 19.5 Å². The van der Waals surface area contributed by atoms with E-state index < -0.39 is 0 Å². The number of methoxy groups -OCH3 is 1. The van der Waals surface area contributed by atoms with Crippen LogP contribution in [-0.2, 0) is 0 Å². The lowest BCUT2D eigenvalue weighted by Gasteiger charge is -2.22. The van der Waals surface area contributed by atoms with E-state index in [0.29, 0.717) is 6.54 Å². The summed E-state index contributed by atoms with van der Waals surface area (Å²) in [5.74, 6) is 0.560. The molecule has 2 rings (SSSR count). The van der Waals surface area contributed by atoms with Crippen LogP contribution in [0.15, 0.2) is 39.9 Å². The van der Waals surface area contributed by atoms with Crippen molar-refractivity contribution in [3.05, 3.63) is 52.3 Å². The van der Waals surface area contributed by atoms with Crippen LogP contribution in [-0.4, -0.2) is 43.5 Å². The Kier molecular flexibility index (Phi) is 5.00. The van der Waals surface area contributed by atoms with Gasteiger partial charge in [0.2, 0.25) is 5.43 Å². The summed E-state index contributed by atoms with van der Waals surface area (Å²) >= 11 is 0. The summed E-state index contributed by atoms with van der Waals surface area (Å²) in [5, 5.41) is 2.78. The van der Waals surface area contributed by atoms with Crippen LogP contribution in [0.2, 0.25) is 0 Å². The predicted molar refractivity (Wildman–Crippen MR) is 81.1 cm³/mol. The second-order valence-corrected chi connectivity index (χ2v) is 4.98. The van der Waals surface area contributed by atoms with Gasteiger partial charge >= 0.3 is 0 Å². The van der Waals surface area contributed by atoms with Crippen LogP contribution < -0.4 is 15.5 Å². The topological polar surface area (TPSA) is 87.6 Å². The Labute approximate surface area is 127 Å². The van der Waals surface area contributed by atoms with Gasteiger partial charge in [-0.2, -0.15) is 0 Å². The summed E-state index contributed by atoms with van der Waals surface area (Å²) in [6.45, 7) is 0.355. The molecule has 0 aromatic carbocycles. The zero-order chi connectivity index (χ0) is 16.1. The number of rotatable bonds is 6. The minimum Gasteiger partial charge on any atom is -0.491 e. The molecule has 0 unspecified atom stereocenters. The molecule has 7 heteroatoms. The van der Waals surface area contributed by atoms with E-state index in [0.717, 1.165) is 5.76 Å². The lowest BCUT2D eigenvalue weighted by Crippen LogP contribution is -2.35. The van der Waals surface area contributed by atoms with Gasteiger partial charge in [0.25, 0.3) is 5.91 Å². The number of ether oxygens (including phenoxy) is 1. The van der Waals surface area contributed by atoms with E-state index in [1.54, 1.807) is 12.3 Å². The normalized spacial score (nSPS) is 12.2. The van der Waals surface area contributed by atoms with E-state index in [9.17, 15) is 9.59 Å². The first-order valence-electron chi connectivity index (χ1n) is 6.77. The van der Waals surface area contributed by atoms with Crippen LogP contribution >= 0.6 is 0 Å². The average molecular weight is 305 g/mol. The molecule has 118 valence electrons. The minimum atomic E-state index is -0.363. The van der Waals surface area contributed by atoms with E-state index in [-0.39, 0.29) is 28.8 Å². The van der Waals surface area contributed by atoms with Gasteiger partial charge in [-0.05, 0) is 26.2 Å². The molecule has 0 aliphatic heterocycles. The molecule has 2 aromatic rings. The SMILES string of the molecule is COc1c[nH]c(C(=O)NC[C@H](c2ccco2)N(C)C)cc1=O. The van der Waals surface area contributed by atoms with Gasteiger partial charge in [0.1, 0.15) is 11.5 Å². The molecule has 1 amide bonds. The first kappa shape index (κ1) is 15.8. The van der Waals surface area contributed by atoms with Crippen LogP contribution in [0.25, 0.3) is 0 Å². The van der Waals surface area contributed by atoms with Crippen molar-refractivity contribution >= 4 is 5.91 Å². The molecule has 2 heterocycles. The first-order chi connectivity index (χ1) is 10.5. The molecule has 0 aliphatic carbocycles. The van der Waals surface area contributed by atoms with Gasteiger partial charge in [-0.1, -0.05) is 0 Å². The van der Waals surface area contributed by atoms with E-state index >= 15 is 0 Å². The third kappa shape index (κ3) is 3.56. The number of H-pyrrole nitrogens is 1. The number of furan rings is 1. The fourth-order valence-electron chi connectivity index (χ4n) is 2.05. The molecule has 0 spiro atoms. The van der Waals surface area contributed by atoms with Crippen molar-refractivity contribution < 1.29 is 13.9 Å². The van der Waals surface area contributed by atoms with Crippen LogP contribution in [0.3, 0.4) is 0 Å². The highest BCUT2D eigenvalue weighted by atomic mass is 16.5. The molecule has 2 N–H and O–H groups in total. The molecule has 0 radical (unpaired) electrons. The highest BCUT2D eigenvalue weighted by Gasteiger charge is 2.18. The largest absolute Gasteiger partial charge is 0.491 e. The molecule has 2 aromatic heterocycles. The number of nitrogens with one attached hydrogen (secondary N) is 2. The summed E-state index contributed by atoms with van der Waals surface area (Å²) in [4.78, 5) is 28.5. The van der Waals surface area contributed by atoms with E-state index in [2.05, 4.69) is 10.3 Å². The average Bonchev–Trinajstić information content (AvgIpc) is 3.00. The van der Waals surface area contributed by atoms with E-state index in [1.165, 1.54) is 19.4 Å². The number of nitrogens with zero attached hydrogens (tertiary/aromatic N) is 1. The van der Waals surface area contributed by atoms with Crippen molar-refractivity contribution in [2.24, 2.45) is 0 Å².